The molecule has 2 aromatic heterocycles. The average Bonchev–Trinajstić information content (AvgIpc) is 3.20. The van der Waals surface area contributed by atoms with Gasteiger partial charge in [0, 0.05) is 29.1 Å². The van der Waals surface area contributed by atoms with Crippen LogP contribution in [0.1, 0.15) is 21.8 Å². The number of anilines is 1. The summed E-state index contributed by atoms with van der Waals surface area (Å²) in [5.74, 6) is 1.21. The van der Waals surface area contributed by atoms with Gasteiger partial charge in [0.05, 0.1) is 18.9 Å². The molecule has 0 spiro atoms. The monoisotopic (exact) mass is 372 g/mol. The van der Waals surface area contributed by atoms with Gasteiger partial charge in [0.15, 0.2) is 11.5 Å². The molecule has 0 unspecified atom stereocenters. The number of nitrogens with one attached hydrogen (secondary N) is 1. The summed E-state index contributed by atoms with van der Waals surface area (Å²) in [7, 11) is 0. The quantitative estimate of drug-likeness (QED) is 0.730. The van der Waals surface area contributed by atoms with Crippen molar-refractivity contribution in [3.05, 3.63) is 45.6 Å². The van der Waals surface area contributed by atoms with Crippen LogP contribution in [0.3, 0.4) is 0 Å². The summed E-state index contributed by atoms with van der Waals surface area (Å²) in [6, 6.07) is 7.46. The Labute approximate surface area is 153 Å². The van der Waals surface area contributed by atoms with E-state index in [9.17, 15) is 4.79 Å². The standard InChI is InChI=1S/C18H16N2O3S2/c1-11-16(25-18(19-11)12-5-8-24-10-12)17(21)20-13-3-4-14-15(9-13)23-7-2-6-22-14/h3-5,8-10H,2,6-7H2,1H3,(H,20,21). The molecule has 4 rings (SSSR count). The molecular weight excluding hydrogens is 356 g/mol. The first-order valence-corrected chi connectivity index (χ1v) is 9.67. The number of rotatable bonds is 3. The summed E-state index contributed by atoms with van der Waals surface area (Å²) in [6.07, 6.45) is 0.849. The van der Waals surface area contributed by atoms with Gasteiger partial charge in [-0.3, -0.25) is 4.79 Å². The van der Waals surface area contributed by atoms with E-state index >= 15 is 0 Å². The molecule has 128 valence electrons. The number of amides is 1. The van der Waals surface area contributed by atoms with Gasteiger partial charge in [0.2, 0.25) is 0 Å². The van der Waals surface area contributed by atoms with E-state index in [0.717, 1.165) is 22.7 Å². The van der Waals surface area contributed by atoms with Crippen LogP contribution in [0.15, 0.2) is 35.0 Å². The minimum Gasteiger partial charge on any atom is -0.490 e. The van der Waals surface area contributed by atoms with E-state index in [4.69, 9.17) is 9.47 Å². The number of ether oxygens (including phenoxy) is 2. The van der Waals surface area contributed by atoms with E-state index in [1.54, 1.807) is 17.4 Å². The van der Waals surface area contributed by atoms with E-state index in [2.05, 4.69) is 10.3 Å². The first-order valence-electron chi connectivity index (χ1n) is 7.92. The predicted octanol–water partition coefficient (Wildman–Crippen LogP) is 4.59. The predicted molar refractivity (Wildman–Crippen MR) is 100 cm³/mol. The van der Waals surface area contributed by atoms with E-state index in [-0.39, 0.29) is 5.91 Å². The van der Waals surface area contributed by atoms with Gasteiger partial charge in [-0.05, 0) is 30.5 Å². The molecule has 25 heavy (non-hydrogen) atoms. The molecule has 3 heterocycles. The Bertz CT molecular complexity index is 903. The second kappa shape index (κ2) is 6.85. The lowest BCUT2D eigenvalue weighted by Gasteiger charge is -2.10. The van der Waals surface area contributed by atoms with Crippen LogP contribution in [-0.2, 0) is 0 Å². The fraction of sp³-hybridized carbons (Fsp3) is 0.222. The number of aryl methyl sites for hydroxylation is 1. The molecule has 0 fully saturated rings. The maximum atomic E-state index is 12.6. The van der Waals surface area contributed by atoms with Crippen molar-refractivity contribution in [3.8, 4) is 22.1 Å². The van der Waals surface area contributed by atoms with Gasteiger partial charge >= 0.3 is 0 Å². The fourth-order valence-electron chi connectivity index (χ4n) is 2.55. The molecular formula is C18H16N2O3S2. The number of fused-ring (bicyclic) bond motifs is 1. The number of thiophene rings is 1. The number of aromatic nitrogens is 1. The van der Waals surface area contributed by atoms with Crippen molar-refractivity contribution in [2.45, 2.75) is 13.3 Å². The number of hydrogen-bond acceptors (Lipinski definition) is 6. The maximum Gasteiger partial charge on any atom is 0.267 e. The van der Waals surface area contributed by atoms with Crippen molar-refractivity contribution in [1.29, 1.82) is 0 Å². The van der Waals surface area contributed by atoms with E-state index in [0.29, 0.717) is 35.3 Å². The lowest BCUT2D eigenvalue weighted by Crippen LogP contribution is -2.11. The maximum absolute atomic E-state index is 12.6. The largest absolute Gasteiger partial charge is 0.490 e. The Morgan fingerprint density at radius 2 is 2.04 bits per heavy atom. The summed E-state index contributed by atoms with van der Waals surface area (Å²) in [4.78, 5) is 17.8. The van der Waals surface area contributed by atoms with Gasteiger partial charge in [-0.1, -0.05) is 0 Å². The highest BCUT2D eigenvalue weighted by Gasteiger charge is 2.18. The normalized spacial score (nSPS) is 13.3. The molecule has 1 aliphatic heterocycles. The molecule has 1 aromatic carbocycles. The SMILES string of the molecule is Cc1nc(-c2ccsc2)sc1C(=O)Nc1ccc2c(c1)OCCCO2. The zero-order valence-electron chi connectivity index (χ0n) is 13.6. The van der Waals surface area contributed by atoms with Gasteiger partial charge in [0.1, 0.15) is 9.88 Å². The number of nitrogens with zero attached hydrogens (tertiary/aromatic N) is 1. The lowest BCUT2D eigenvalue weighted by molar-refractivity contribution is 0.103. The van der Waals surface area contributed by atoms with E-state index in [1.165, 1.54) is 11.3 Å². The minimum atomic E-state index is -0.161. The van der Waals surface area contributed by atoms with Crippen LogP contribution in [0.5, 0.6) is 11.5 Å². The second-order valence-corrected chi connectivity index (χ2v) is 7.39. The van der Waals surface area contributed by atoms with Crippen molar-refractivity contribution in [1.82, 2.24) is 4.98 Å². The average molecular weight is 372 g/mol. The third-order valence-corrected chi connectivity index (χ3v) is 5.66. The van der Waals surface area contributed by atoms with Crippen LogP contribution >= 0.6 is 22.7 Å². The highest BCUT2D eigenvalue weighted by atomic mass is 32.1. The van der Waals surface area contributed by atoms with Crippen LogP contribution < -0.4 is 14.8 Å². The van der Waals surface area contributed by atoms with E-state index < -0.39 is 0 Å². The van der Waals surface area contributed by atoms with Crippen molar-refractivity contribution >= 4 is 34.3 Å². The summed E-state index contributed by atoms with van der Waals surface area (Å²) < 4.78 is 11.3. The highest BCUT2D eigenvalue weighted by Crippen LogP contribution is 2.33. The fourth-order valence-corrected chi connectivity index (χ4v) is 4.22. The summed E-state index contributed by atoms with van der Waals surface area (Å²) >= 11 is 3.02. The molecule has 0 aliphatic carbocycles. The Hall–Kier alpha value is -2.38. The number of hydrogen-bond donors (Lipinski definition) is 1. The van der Waals surface area contributed by atoms with Crippen LogP contribution in [0.4, 0.5) is 5.69 Å². The molecule has 1 N–H and O–H groups in total. The highest BCUT2D eigenvalue weighted by molar-refractivity contribution is 7.17. The second-order valence-electron chi connectivity index (χ2n) is 5.61. The number of carbonyl (C=O) groups excluding carboxylic acids is 1. The van der Waals surface area contributed by atoms with Gasteiger partial charge in [-0.15, -0.1) is 11.3 Å². The molecule has 0 bridgehead atoms. The topological polar surface area (TPSA) is 60.5 Å². The Morgan fingerprint density at radius 3 is 2.84 bits per heavy atom. The third-order valence-electron chi connectivity index (χ3n) is 3.78. The molecule has 0 atom stereocenters. The van der Waals surface area contributed by atoms with Gasteiger partial charge in [0.25, 0.3) is 5.91 Å². The zero-order chi connectivity index (χ0) is 17.2. The van der Waals surface area contributed by atoms with Crippen LogP contribution in [0, 0.1) is 6.92 Å². The first-order chi connectivity index (χ1) is 12.2. The molecule has 3 aromatic rings. The van der Waals surface area contributed by atoms with E-state index in [1.807, 2.05) is 35.9 Å². The van der Waals surface area contributed by atoms with Crippen molar-refractivity contribution in [3.63, 3.8) is 0 Å². The summed E-state index contributed by atoms with van der Waals surface area (Å²) in [5.41, 5.74) is 2.46. The van der Waals surface area contributed by atoms with Crippen molar-refractivity contribution in [2.75, 3.05) is 18.5 Å². The Morgan fingerprint density at radius 1 is 1.20 bits per heavy atom. The smallest absolute Gasteiger partial charge is 0.267 e. The van der Waals surface area contributed by atoms with Crippen LogP contribution in [0.2, 0.25) is 0 Å². The van der Waals surface area contributed by atoms with Gasteiger partial charge in [-0.25, -0.2) is 4.98 Å². The molecule has 1 amide bonds. The molecule has 5 nitrogen and oxygen atoms in total. The van der Waals surface area contributed by atoms with Gasteiger partial charge in [-0.2, -0.15) is 11.3 Å². The van der Waals surface area contributed by atoms with Crippen molar-refractivity contribution < 1.29 is 14.3 Å². The first kappa shape index (κ1) is 16.1. The van der Waals surface area contributed by atoms with Crippen molar-refractivity contribution in [2.24, 2.45) is 0 Å². The third kappa shape index (κ3) is 3.38. The molecule has 0 radical (unpaired) electrons. The summed E-state index contributed by atoms with van der Waals surface area (Å²) in [5, 5.41) is 7.83. The number of benzene rings is 1. The zero-order valence-corrected chi connectivity index (χ0v) is 15.2. The minimum absolute atomic E-state index is 0.161. The van der Waals surface area contributed by atoms with Gasteiger partial charge < -0.3 is 14.8 Å². The lowest BCUT2D eigenvalue weighted by atomic mass is 10.2. The Balaban J connectivity index is 1.55. The molecule has 0 saturated carbocycles. The molecule has 0 saturated heterocycles. The molecule has 7 heteroatoms. The van der Waals surface area contributed by atoms with Crippen LogP contribution in [0.25, 0.3) is 10.6 Å². The molecule has 1 aliphatic rings. The summed E-state index contributed by atoms with van der Waals surface area (Å²) in [6.45, 7) is 3.11. The van der Waals surface area contributed by atoms with Crippen LogP contribution in [-0.4, -0.2) is 24.1 Å². The Kier molecular flexibility index (Phi) is 4.42. The number of carbonyl (C=O) groups is 1. The number of thiazole rings is 1.